The van der Waals surface area contributed by atoms with Crippen molar-refractivity contribution in [2.45, 2.75) is 48.4 Å². The summed E-state index contributed by atoms with van der Waals surface area (Å²) in [4.78, 5) is -0.888. The molecule has 118 valence electrons. The van der Waals surface area contributed by atoms with Gasteiger partial charge < -0.3 is 0 Å². The van der Waals surface area contributed by atoms with Crippen molar-refractivity contribution >= 4 is 20.2 Å². The van der Waals surface area contributed by atoms with Crippen LogP contribution in [0.25, 0.3) is 0 Å². The second kappa shape index (κ2) is 6.02. The van der Waals surface area contributed by atoms with Gasteiger partial charge in [0.1, 0.15) is 0 Å². The molecule has 0 spiro atoms. The molecule has 1 fully saturated rings. The van der Waals surface area contributed by atoms with Crippen molar-refractivity contribution in [3.63, 3.8) is 0 Å². The summed E-state index contributed by atoms with van der Waals surface area (Å²) in [5.41, 5.74) is 0. The van der Waals surface area contributed by atoms with Crippen molar-refractivity contribution in [1.29, 1.82) is 0 Å². The van der Waals surface area contributed by atoms with Gasteiger partial charge in [-0.2, -0.15) is 8.42 Å². The Morgan fingerprint density at radius 2 is 1.71 bits per heavy atom. The maximum atomic E-state index is 13.0. The van der Waals surface area contributed by atoms with Gasteiger partial charge in [0.05, 0.1) is 9.79 Å². The number of sulfonamides is 1. The van der Waals surface area contributed by atoms with Crippen LogP contribution < -0.4 is 4.72 Å². The number of halogens is 1. The first-order chi connectivity index (χ1) is 9.70. The highest BCUT2D eigenvalue weighted by Gasteiger charge is 2.27. The molecule has 0 amide bonds. The molecule has 0 aliphatic heterocycles. The average Bonchev–Trinajstić information content (AvgIpc) is 2.40. The molecule has 2 atom stereocenters. The van der Waals surface area contributed by atoms with Gasteiger partial charge in [-0.3, -0.25) is 0 Å². The Balaban J connectivity index is 2.27. The molecule has 0 heterocycles. The van der Waals surface area contributed by atoms with E-state index < -0.39 is 25.1 Å². The molecule has 0 saturated heterocycles. The molecule has 0 radical (unpaired) electrons. The molecule has 1 aliphatic carbocycles. The topological polar surface area (TPSA) is 80.3 Å². The Labute approximate surface area is 124 Å². The SMILES string of the molecule is CC1CCCCC1NS(=O)(=O)c1cccc(S(=O)(=O)F)c1. The smallest absolute Gasteiger partial charge is 0.208 e. The fourth-order valence-electron chi connectivity index (χ4n) is 2.55. The molecule has 1 aliphatic rings. The molecular formula is C13H18FNO4S2. The third kappa shape index (κ3) is 4.02. The fraction of sp³-hybridized carbons (Fsp3) is 0.538. The van der Waals surface area contributed by atoms with Crippen LogP contribution in [0.1, 0.15) is 32.6 Å². The predicted octanol–water partition coefficient (Wildman–Crippen LogP) is 2.20. The largest absolute Gasteiger partial charge is 0.332 e. The van der Waals surface area contributed by atoms with E-state index in [2.05, 4.69) is 4.72 Å². The highest BCUT2D eigenvalue weighted by molar-refractivity contribution is 7.89. The van der Waals surface area contributed by atoms with Crippen LogP contribution in [-0.4, -0.2) is 22.9 Å². The summed E-state index contributed by atoms with van der Waals surface area (Å²) in [6.07, 6.45) is 3.74. The van der Waals surface area contributed by atoms with Crippen LogP contribution >= 0.6 is 0 Å². The molecule has 21 heavy (non-hydrogen) atoms. The lowest BCUT2D eigenvalue weighted by Gasteiger charge is -2.29. The second-order valence-electron chi connectivity index (χ2n) is 5.40. The van der Waals surface area contributed by atoms with Crippen LogP contribution in [-0.2, 0) is 20.2 Å². The molecule has 2 unspecified atom stereocenters. The van der Waals surface area contributed by atoms with Gasteiger partial charge in [-0.25, -0.2) is 13.1 Å². The third-order valence-corrected chi connectivity index (χ3v) is 6.12. The molecule has 1 aromatic rings. The minimum Gasteiger partial charge on any atom is -0.208 e. The van der Waals surface area contributed by atoms with Crippen LogP contribution in [0.2, 0.25) is 0 Å². The molecule has 1 N–H and O–H groups in total. The molecular weight excluding hydrogens is 317 g/mol. The van der Waals surface area contributed by atoms with Crippen molar-refractivity contribution < 1.29 is 20.7 Å². The van der Waals surface area contributed by atoms with Crippen LogP contribution in [0.3, 0.4) is 0 Å². The van der Waals surface area contributed by atoms with Gasteiger partial charge in [-0.05, 0) is 37.0 Å². The van der Waals surface area contributed by atoms with Crippen LogP contribution in [0.5, 0.6) is 0 Å². The van der Waals surface area contributed by atoms with E-state index in [1.165, 1.54) is 12.1 Å². The van der Waals surface area contributed by atoms with Crippen molar-refractivity contribution in [1.82, 2.24) is 4.72 Å². The van der Waals surface area contributed by atoms with E-state index >= 15 is 0 Å². The Bertz CT molecular complexity index is 715. The van der Waals surface area contributed by atoms with Gasteiger partial charge in [0, 0.05) is 6.04 Å². The van der Waals surface area contributed by atoms with E-state index in [0.717, 1.165) is 37.8 Å². The lowest BCUT2D eigenvalue weighted by Crippen LogP contribution is -2.40. The Hall–Kier alpha value is -0.990. The standard InChI is InChI=1S/C13H18FNO4S2/c1-10-5-2-3-8-13(10)15-21(18,19)12-7-4-6-11(9-12)20(14,16)17/h4,6-7,9-10,13,15H,2-3,5,8H2,1H3. The average molecular weight is 335 g/mol. The van der Waals surface area contributed by atoms with E-state index in [1.807, 2.05) is 6.92 Å². The minimum atomic E-state index is -4.92. The number of rotatable bonds is 4. The lowest BCUT2D eigenvalue weighted by atomic mass is 9.87. The molecule has 5 nitrogen and oxygen atoms in total. The van der Waals surface area contributed by atoms with Gasteiger partial charge >= 0.3 is 10.2 Å². The first kappa shape index (κ1) is 16.4. The van der Waals surface area contributed by atoms with Gasteiger partial charge in [0.15, 0.2) is 0 Å². The maximum Gasteiger partial charge on any atom is 0.332 e. The molecule has 0 bridgehead atoms. The predicted molar refractivity (Wildman–Crippen MR) is 76.5 cm³/mol. The zero-order chi connectivity index (χ0) is 15.7. The van der Waals surface area contributed by atoms with E-state index in [-0.39, 0.29) is 16.9 Å². The van der Waals surface area contributed by atoms with Crippen molar-refractivity contribution in [3.05, 3.63) is 24.3 Å². The molecule has 2 rings (SSSR count). The quantitative estimate of drug-likeness (QED) is 0.856. The van der Waals surface area contributed by atoms with Gasteiger partial charge in [-0.1, -0.05) is 25.8 Å². The second-order valence-corrected chi connectivity index (χ2v) is 8.46. The lowest BCUT2D eigenvalue weighted by molar-refractivity contribution is 0.310. The Morgan fingerprint density at radius 3 is 2.33 bits per heavy atom. The van der Waals surface area contributed by atoms with Gasteiger partial charge in [0.25, 0.3) is 0 Å². The normalized spacial score (nSPS) is 23.9. The molecule has 0 aromatic heterocycles. The van der Waals surface area contributed by atoms with Crippen molar-refractivity contribution in [3.8, 4) is 0 Å². The van der Waals surface area contributed by atoms with Crippen LogP contribution in [0, 0.1) is 5.92 Å². The Kier molecular flexibility index (Phi) is 4.69. The van der Waals surface area contributed by atoms with Crippen LogP contribution in [0.4, 0.5) is 3.89 Å². The monoisotopic (exact) mass is 335 g/mol. The van der Waals surface area contributed by atoms with Crippen LogP contribution in [0.15, 0.2) is 34.1 Å². The zero-order valence-corrected chi connectivity index (χ0v) is 13.3. The summed E-state index contributed by atoms with van der Waals surface area (Å²) in [5.74, 6) is 0.224. The van der Waals surface area contributed by atoms with E-state index in [9.17, 15) is 20.7 Å². The number of hydrogen-bond acceptors (Lipinski definition) is 4. The summed E-state index contributed by atoms with van der Waals surface area (Å²) >= 11 is 0. The first-order valence-electron chi connectivity index (χ1n) is 6.77. The van der Waals surface area contributed by atoms with Gasteiger partial charge in [-0.15, -0.1) is 3.89 Å². The van der Waals surface area contributed by atoms with E-state index in [4.69, 9.17) is 0 Å². The maximum absolute atomic E-state index is 13.0. The number of nitrogens with one attached hydrogen (secondary N) is 1. The zero-order valence-electron chi connectivity index (χ0n) is 11.6. The summed E-state index contributed by atoms with van der Waals surface area (Å²) in [5, 5.41) is 0. The number of hydrogen-bond donors (Lipinski definition) is 1. The summed E-state index contributed by atoms with van der Waals surface area (Å²) in [7, 11) is -8.78. The highest BCUT2D eigenvalue weighted by atomic mass is 32.3. The first-order valence-corrected chi connectivity index (χ1v) is 9.64. The highest BCUT2D eigenvalue weighted by Crippen LogP contribution is 2.26. The Morgan fingerprint density at radius 1 is 1.10 bits per heavy atom. The molecule has 1 aromatic carbocycles. The van der Waals surface area contributed by atoms with E-state index in [1.54, 1.807) is 0 Å². The summed E-state index contributed by atoms with van der Waals surface area (Å²) < 4.78 is 61.9. The fourth-order valence-corrected chi connectivity index (χ4v) is 4.56. The molecule has 8 heteroatoms. The van der Waals surface area contributed by atoms with E-state index in [0.29, 0.717) is 0 Å². The minimum absolute atomic E-state index is 0.172. The summed E-state index contributed by atoms with van der Waals surface area (Å²) in [6.45, 7) is 1.98. The molecule has 1 saturated carbocycles. The summed E-state index contributed by atoms with van der Waals surface area (Å²) in [6, 6.07) is 4.16. The van der Waals surface area contributed by atoms with Gasteiger partial charge in [0.2, 0.25) is 10.0 Å². The van der Waals surface area contributed by atoms with Crippen molar-refractivity contribution in [2.24, 2.45) is 5.92 Å². The van der Waals surface area contributed by atoms with Crippen molar-refractivity contribution in [2.75, 3.05) is 0 Å². The third-order valence-electron chi connectivity index (χ3n) is 3.82. The number of benzene rings is 1.